The monoisotopic (exact) mass is 215 g/mol. The van der Waals surface area contributed by atoms with Gasteiger partial charge in [-0.05, 0) is 35.7 Å². The molecule has 83 valence electrons. The van der Waals surface area contributed by atoms with Gasteiger partial charge < -0.3 is 9.84 Å². The molecule has 0 heterocycles. The van der Waals surface area contributed by atoms with E-state index in [1.54, 1.807) is 6.61 Å². The normalized spacial score (nSPS) is 10.6. The van der Waals surface area contributed by atoms with Crippen molar-refractivity contribution in [3.8, 4) is 5.75 Å². The Kier molecular flexibility index (Phi) is 3.78. The van der Waals surface area contributed by atoms with Crippen LogP contribution in [0.3, 0.4) is 0 Å². The lowest BCUT2D eigenvalue weighted by Crippen LogP contribution is -1.92. The van der Waals surface area contributed by atoms with Crippen LogP contribution in [-0.4, -0.2) is 11.7 Å². The van der Waals surface area contributed by atoms with Gasteiger partial charge in [-0.2, -0.15) is 0 Å². The van der Waals surface area contributed by atoms with Crippen molar-refractivity contribution >= 4 is 10.8 Å². The van der Waals surface area contributed by atoms with E-state index in [0.717, 1.165) is 18.6 Å². The van der Waals surface area contributed by atoms with Gasteiger partial charge in [-0.1, -0.05) is 30.3 Å². The second-order valence-corrected chi connectivity index (χ2v) is 3.66. The maximum atomic E-state index is 8.63. The van der Waals surface area contributed by atoms with Crippen LogP contribution in [0.2, 0.25) is 0 Å². The summed E-state index contributed by atoms with van der Waals surface area (Å²) in [5.74, 6) is 0.844. The molecule has 0 aromatic heterocycles. The standard InChI is InChI=1S/C14H15O2/c15-9-3-4-10-16-14-8-7-12-5-1-2-6-13(12)11-14/h1-2,5-8,10-11,15H,3-4,9H2. The molecule has 2 aromatic carbocycles. The molecular weight excluding hydrogens is 200 g/mol. The highest BCUT2D eigenvalue weighted by Gasteiger charge is 1.97. The molecule has 0 spiro atoms. The highest BCUT2D eigenvalue weighted by atomic mass is 16.5. The Labute approximate surface area is 95.5 Å². The summed E-state index contributed by atoms with van der Waals surface area (Å²) in [6, 6.07) is 14.2. The van der Waals surface area contributed by atoms with Crippen molar-refractivity contribution in [2.75, 3.05) is 6.61 Å². The van der Waals surface area contributed by atoms with Crippen molar-refractivity contribution in [1.82, 2.24) is 0 Å². The first-order chi connectivity index (χ1) is 7.90. The number of aliphatic hydroxyl groups excluding tert-OH is 1. The van der Waals surface area contributed by atoms with Gasteiger partial charge in [-0.25, -0.2) is 0 Å². The molecule has 1 radical (unpaired) electrons. The molecule has 0 fully saturated rings. The molecule has 1 N–H and O–H groups in total. The third kappa shape index (κ3) is 2.74. The van der Waals surface area contributed by atoms with Crippen molar-refractivity contribution in [2.45, 2.75) is 12.8 Å². The van der Waals surface area contributed by atoms with Crippen molar-refractivity contribution in [2.24, 2.45) is 0 Å². The van der Waals surface area contributed by atoms with E-state index >= 15 is 0 Å². The molecule has 0 amide bonds. The Hall–Kier alpha value is -1.54. The van der Waals surface area contributed by atoms with E-state index in [1.807, 2.05) is 30.3 Å². The summed E-state index contributed by atoms with van der Waals surface area (Å²) < 4.78 is 5.48. The Balaban J connectivity index is 2.02. The van der Waals surface area contributed by atoms with E-state index in [-0.39, 0.29) is 6.61 Å². The SMILES string of the molecule is OCCC[CH]Oc1ccc2ccccc2c1. The first kappa shape index (κ1) is 11.0. The maximum absolute atomic E-state index is 8.63. The van der Waals surface area contributed by atoms with Crippen LogP contribution in [0.15, 0.2) is 42.5 Å². The summed E-state index contributed by atoms with van der Waals surface area (Å²) in [7, 11) is 0. The van der Waals surface area contributed by atoms with Gasteiger partial charge in [0.1, 0.15) is 12.4 Å². The molecular formula is C14H15O2. The first-order valence-corrected chi connectivity index (χ1v) is 5.48. The molecule has 2 rings (SSSR count). The van der Waals surface area contributed by atoms with Crippen LogP contribution in [0.5, 0.6) is 5.75 Å². The quantitative estimate of drug-likeness (QED) is 0.776. The maximum Gasteiger partial charge on any atom is 0.135 e. The van der Waals surface area contributed by atoms with E-state index in [1.165, 1.54) is 10.8 Å². The number of hydrogen-bond donors (Lipinski definition) is 1. The van der Waals surface area contributed by atoms with Crippen LogP contribution in [0.4, 0.5) is 0 Å². The Morgan fingerprint density at radius 3 is 2.69 bits per heavy atom. The zero-order chi connectivity index (χ0) is 11.2. The lowest BCUT2D eigenvalue weighted by Gasteiger charge is -2.05. The third-order valence-corrected chi connectivity index (χ3v) is 2.42. The van der Waals surface area contributed by atoms with Crippen molar-refractivity contribution in [3.05, 3.63) is 49.1 Å². The lowest BCUT2D eigenvalue weighted by atomic mass is 10.1. The Bertz CT molecular complexity index is 451. The van der Waals surface area contributed by atoms with E-state index in [2.05, 4.69) is 12.1 Å². The number of rotatable bonds is 5. The molecule has 0 aliphatic carbocycles. The fraction of sp³-hybridized carbons (Fsp3) is 0.214. The van der Waals surface area contributed by atoms with Gasteiger partial charge in [-0.15, -0.1) is 0 Å². The van der Waals surface area contributed by atoms with E-state index in [0.29, 0.717) is 0 Å². The number of aliphatic hydroxyl groups is 1. The minimum atomic E-state index is 0.206. The summed E-state index contributed by atoms with van der Waals surface area (Å²) in [4.78, 5) is 0. The van der Waals surface area contributed by atoms with Crippen molar-refractivity contribution in [3.63, 3.8) is 0 Å². The fourth-order valence-corrected chi connectivity index (χ4v) is 1.57. The summed E-state index contributed by atoms with van der Waals surface area (Å²) in [6.45, 7) is 1.94. The van der Waals surface area contributed by atoms with E-state index in [9.17, 15) is 0 Å². The molecule has 2 nitrogen and oxygen atoms in total. The highest BCUT2D eigenvalue weighted by Crippen LogP contribution is 2.21. The molecule has 0 saturated heterocycles. The number of unbranched alkanes of at least 4 members (excludes halogenated alkanes) is 1. The van der Waals surface area contributed by atoms with Crippen LogP contribution < -0.4 is 4.74 Å². The molecule has 0 aliphatic rings. The molecule has 0 atom stereocenters. The molecule has 0 saturated carbocycles. The smallest absolute Gasteiger partial charge is 0.135 e. The third-order valence-electron chi connectivity index (χ3n) is 2.42. The zero-order valence-corrected chi connectivity index (χ0v) is 9.10. The van der Waals surface area contributed by atoms with Crippen molar-refractivity contribution < 1.29 is 9.84 Å². The molecule has 2 aromatic rings. The molecule has 0 unspecified atom stereocenters. The van der Waals surface area contributed by atoms with Gasteiger partial charge >= 0.3 is 0 Å². The number of fused-ring (bicyclic) bond motifs is 1. The van der Waals surface area contributed by atoms with Crippen LogP contribution in [0.25, 0.3) is 10.8 Å². The highest BCUT2D eigenvalue weighted by molar-refractivity contribution is 5.83. The van der Waals surface area contributed by atoms with Crippen LogP contribution >= 0.6 is 0 Å². The Morgan fingerprint density at radius 2 is 1.88 bits per heavy atom. The second-order valence-electron chi connectivity index (χ2n) is 3.66. The van der Waals surface area contributed by atoms with Crippen LogP contribution in [0.1, 0.15) is 12.8 Å². The number of benzene rings is 2. The molecule has 2 heteroatoms. The summed E-state index contributed by atoms with van der Waals surface area (Å²) in [5, 5.41) is 11.0. The molecule has 16 heavy (non-hydrogen) atoms. The van der Waals surface area contributed by atoms with E-state index < -0.39 is 0 Å². The topological polar surface area (TPSA) is 29.5 Å². The summed E-state index contributed by atoms with van der Waals surface area (Å²) >= 11 is 0. The predicted octanol–water partition coefficient (Wildman–Crippen LogP) is 3.15. The predicted molar refractivity (Wildman–Crippen MR) is 65.2 cm³/mol. The van der Waals surface area contributed by atoms with Crippen LogP contribution in [-0.2, 0) is 0 Å². The van der Waals surface area contributed by atoms with Gasteiger partial charge in [-0.3, -0.25) is 0 Å². The van der Waals surface area contributed by atoms with Gasteiger partial charge in [0.2, 0.25) is 0 Å². The number of ether oxygens (including phenoxy) is 1. The second kappa shape index (κ2) is 5.52. The Morgan fingerprint density at radius 1 is 1.06 bits per heavy atom. The summed E-state index contributed by atoms with van der Waals surface area (Å²) in [6.07, 6.45) is 1.51. The van der Waals surface area contributed by atoms with Gasteiger partial charge in [0.05, 0.1) is 0 Å². The number of hydrogen-bond acceptors (Lipinski definition) is 2. The minimum Gasteiger partial charge on any atom is -0.487 e. The molecule has 0 aliphatic heterocycles. The van der Waals surface area contributed by atoms with Crippen molar-refractivity contribution in [1.29, 1.82) is 0 Å². The molecule has 0 bridgehead atoms. The zero-order valence-electron chi connectivity index (χ0n) is 9.10. The van der Waals surface area contributed by atoms with Gasteiger partial charge in [0.15, 0.2) is 0 Å². The summed E-state index contributed by atoms with van der Waals surface area (Å²) in [5.41, 5.74) is 0. The minimum absolute atomic E-state index is 0.206. The van der Waals surface area contributed by atoms with E-state index in [4.69, 9.17) is 9.84 Å². The lowest BCUT2D eigenvalue weighted by molar-refractivity contribution is 0.276. The fourth-order valence-electron chi connectivity index (χ4n) is 1.57. The van der Waals surface area contributed by atoms with Gasteiger partial charge in [0.25, 0.3) is 0 Å². The van der Waals surface area contributed by atoms with Crippen LogP contribution in [0, 0.1) is 6.61 Å². The van der Waals surface area contributed by atoms with Gasteiger partial charge in [0, 0.05) is 6.61 Å². The largest absolute Gasteiger partial charge is 0.487 e. The average Bonchev–Trinajstić information content (AvgIpc) is 2.34. The average molecular weight is 215 g/mol. The first-order valence-electron chi connectivity index (χ1n) is 5.48.